The zero-order chi connectivity index (χ0) is 16.2. The van der Waals surface area contributed by atoms with Crippen LogP contribution in [0.3, 0.4) is 0 Å². The first kappa shape index (κ1) is 15.6. The van der Waals surface area contributed by atoms with Crippen molar-refractivity contribution in [3.63, 3.8) is 0 Å². The molecule has 0 aliphatic rings. The third-order valence-corrected chi connectivity index (χ3v) is 5.26. The number of rotatable bonds is 5. The second-order valence-corrected chi connectivity index (χ2v) is 6.82. The zero-order valence-electron chi connectivity index (χ0n) is 12.0. The summed E-state index contributed by atoms with van der Waals surface area (Å²) in [6, 6.07) is 14.6. The van der Waals surface area contributed by atoms with Gasteiger partial charge in [0.05, 0.1) is 16.0 Å². The number of aliphatic carboxylic acids is 1. The number of carbonyl (C=O) groups is 1. The van der Waals surface area contributed by atoms with E-state index < -0.39 is 5.97 Å². The molecule has 2 N–H and O–H groups in total. The molecule has 116 valence electrons. The zero-order valence-corrected chi connectivity index (χ0v) is 13.6. The normalized spacial score (nSPS) is 11.7. The van der Waals surface area contributed by atoms with Crippen molar-refractivity contribution in [1.82, 2.24) is 4.98 Å². The second-order valence-electron chi connectivity index (χ2n) is 4.77. The number of aromatic hydroxyl groups is 1. The first-order chi connectivity index (χ1) is 11.1. The van der Waals surface area contributed by atoms with Crippen LogP contribution in [-0.2, 0) is 4.79 Å². The van der Waals surface area contributed by atoms with Gasteiger partial charge in [0.1, 0.15) is 10.8 Å². The monoisotopic (exact) mass is 343 g/mol. The van der Waals surface area contributed by atoms with Gasteiger partial charge in [-0.1, -0.05) is 24.3 Å². The Morgan fingerprint density at radius 3 is 2.61 bits per heavy atom. The molecule has 3 rings (SSSR count). The number of phenols is 1. The molecule has 0 atom stereocenters. The quantitative estimate of drug-likeness (QED) is 0.722. The van der Waals surface area contributed by atoms with Gasteiger partial charge in [0.15, 0.2) is 0 Å². The molecule has 0 amide bonds. The van der Waals surface area contributed by atoms with Crippen LogP contribution in [0.4, 0.5) is 0 Å². The molecule has 0 saturated carbocycles. The minimum absolute atomic E-state index is 0.0279. The highest BCUT2D eigenvalue weighted by Crippen LogP contribution is 2.35. The molecular formula is C17H13NO3S2. The van der Waals surface area contributed by atoms with E-state index in [1.54, 1.807) is 24.3 Å². The molecule has 4 nitrogen and oxygen atoms in total. The van der Waals surface area contributed by atoms with Gasteiger partial charge in [-0.3, -0.25) is 4.79 Å². The number of thioether (sulfide) groups is 1. The van der Waals surface area contributed by atoms with Crippen molar-refractivity contribution in [1.29, 1.82) is 0 Å². The van der Waals surface area contributed by atoms with Crippen molar-refractivity contribution in [2.24, 2.45) is 0 Å². The summed E-state index contributed by atoms with van der Waals surface area (Å²) >= 11 is 2.78. The molecule has 0 unspecified atom stereocenters. The standard InChI is InChI=1S/C17H13NO3S2/c19-12-7-5-11(6-8-12)9-15(22-10-16(20)21)17-18-13-3-1-2-4-14(13)23-17/h1-9,19H,10H2,(H,20,21)/b15-9+. The fraction of sp³-hybridized carbons (Fsp3) is 0.0588. The van der Waals surface area contributed by atoms with Crippen LogP contribution in [0.1, 0.15) is 10.6 Å². The van der Waals surface area contributed by atoms with E-state index in [1.165, 1.54) is 23.1 Å². The Balaban J connectivity index is 2.00. The molecule has 2 aromatic carbocycles. The lowest BCUT2D eigenvalue weighted by molar-refractivity contribution is -0.133. The third kappa shape index (κ3) is 3.91. The average molecular weight is 343 g/mol. The number of phenolic OH excluding ortho intramolecular Hbond substituents is 1. The van der Waals surface area contributed by atoms with Crippen LogP contribution in [0.5, 0.6) is 5.75 Å². The first-order valence-electron chi connectivity index (χ1n) is 6.83. The maximum atomic E-state index is 10.9. The molecule has 1 aromatic heterocycles. The van der Waals surface area contributed by atoms with Gasteiger partial charge >= 0.3 is 5.97 Å². The summed E-state index contributed by atoms with van der Waals surface area (Å²) in [5, 5.41) is 19.1. The fourth-order valence-corrected chi connectivity index (χ4v) is 3.85. The van der Waals surface area contributed by atoms with Crippen LogP contribution in [0, 0.1) is 0 Å². The molecule has 0 spiro atoms. The lowest BCUT2D eigenvalue weighted by atomic mass is 10.2. The van der Waals surface area contributed by atoms with Crippen LogP contribution in [0.2, 0.25) is 0 Å². The van der Waals surface area contributed by atoms with Crippen molar-refractivity contribution in [3.8, 4) is 5.75 Å². The lowest BCUT2D eigenvalue weighted by Gasteiger charge is -2.03. The summed E-state index contributed by atoms with van der Waals surface area (Å²) in [4.78, 5) is 16.3. The SMILES string of the molecule is O=C(O)CS/C(=C/c1ccc(O)cc1)c1nc2ccccc2s1. The Bertz CT molecular complexity index is 836. The van der Waals surface area contributed by atoms with Crippen LogP contribution in [0.15, 0.2) is 48.5 Å². The highest BCUT2D eigenvalue weighted by atomic mass is 32.2. The van der Waals surface area contributed by atoms with Crippen molar-refractivity contribution in [2.75, 3.05) is 5.75 Å². The van der Waals surface area contributed by atoms with Crippen LogP contribution >= 0.6 is 23.1 Å². The van der Waals surface area contributed by atoms with Gasteiger partial charge in [-0.25, -0.2) is 4.98 Å². The summed E-state index contributed by atoms with van der Waals surface area (Å²) in [6.45, 7) is 0. The molecule has 0 saturated heterocycles. The van der Waals surface area contributed by atoms with Gasteiger partial charge in [0, 0.05) is 4.91 Å². The van der Waals surface area contributed by atoms with Crippen LogP contribution in [0.25, 0.3) is 21.2 Å². The predicted molar refractivity (Wildman–Crippen MR) is 95.7 cm³/mol. The van der Waals surface area contributed by atoms with Crippen molar-refractivity contribution >= 4 is 50.3 Å². The molecule has 0 aliphatic carbocycles. The van der Waals surface area contributed by atoms with E-state index >= 15 is 0 Å². The largest absolute Gasteiger partial charge is 0.508 e. The van der Waals surface area contributed by atoms with Gasteiger partial charge < -0.3 is 10.2 Å². The fourth-order valence-electron chi connectivity index (χ4n) is 2.00. The maximum absolute atomic E-state index is 10.9. The summed E-state index contributed by atoms with van der Waals surface area (Å²) < 4.78 is 1.06. The number of para-hydroxylation sites is 1. The molecule has 23 heavy (non-hydrogen) atoms. The molecule has 6 heteroatoms. The van der Waals surface area contributed by atoms with Gasteiger partial charge in [0.25, 0.3) is 0 Å². The number of carboxylic acid groups (broad SMARTS) is 1. The van der Waals surface area contributed by atoms with E-state index in [0.29, 0.717) is 0 Å². The molecule has 3 aromatic rings. The first-order valence-corrected chi connectivity index (χ1v) is 8.63. The number of benzene rings is 2. The second kappa shape index (κ2) is 6.85. The average Bonchev–Trinajstić information content (AvgIpc) is 2.97. The van der Waals surface area contributed by atoms with E-state index in [-0.39, 0.29) is 11.5 Å². The number of hydrogen-bond donors (Lipinski definition) is 2. The van der Waals surface area contributed by atoms with Crippen molar-refractivity contribution in [3.05, 3.63) is 59.1 Å². The number of hydrogen-bond acceptors (Lipinski definition) is 5. The Labute approximate surface area is 141 Å². The van der Waals surface area contributed by atoms with Gasteiger partial charge in [-0.2, -0.15) is 0 Å². The minimum Gasteiger partial charge on any atom is -0.508 e. The Hall–Kier alpha value is -2.31. The van der Waals surface area contributed by atoms with Crippen LogP contribution < -0.4 is 0 Å². The van der Waals surface area contributed by atoms with E-state index in [2.05, 4.69) is 4.98 Å². The van der Waals surface area contributed by atoms with Gasteiger partial charge in [-0.15, -0.1) is 23.1 Å². The summed E-state index contributed by atoms with van der Waals surface area (Å²) in [5.74, 6) is -0.700. The maximum Gasteiger partial charge on any atom is 0.313 e. The van der Waals surface area contributed by atoms with E-state index in [4.69, 9.17) is 5.11 Å². The third-order valence-electron chi connectivity index (χ3n) is 3.05. The summed E-state index contributed by atoms with van der Waals surface area (Å²) in [7, 11) is 0. The molecular weight excluding hydrogens is 330 g/mol. The summed E-state index contributed by atoms with van der Waals surface area (Å²) in [6.07, 6.45) is 1.89. The van der Waals surface area contributed by atoms with Crippen molar-refractivity contribution in [2.45, 2.75) is 0 Å². The smallest absolute Gasteiger partial charge is 0.313 e. The Morgan fingerprint density at radius 2 is 1.91 bits per heavy atom. The number of fused-ring (bicyclic) bond motifs is 1. The number of nitrogens with zero attached hydrogens (tertiary/aromatic N) is 1. The highest BCUT2D eigenvalue weighted by Gasteiger charge is 2.11. The van der Waals surface area contributed by atoms with Gasteiger partial charge in [0.2, 0.25) is 0 Å². The van der Waals surface area contributed by atoms with E-state index in [0.717, 1.165) is 25.7 Å². The lowest BCUT2D eigenvalue weighted by Crippen LogP contribution is -1.97. The number of aromatic nitrogens is 1. The molecule has 0 fully saturated rings. The van der Waals surface area contributed by atoms with Crippen LogP contribution in [-0.4, -0.2) is 26.9 Å². The Kier molecular flexibility index (Phi) is 4.64. The molecule has 0 radical (unpaired) electrons. The van der Waals surface area contributed by atoms with E-state index in [1.807, 2.05) is 30.3 Å². The Morgan fingerprint density at radius 1 is 1.17 bits per heavy atom. The number of carboxylic acids is 1. The van der Waals surface area contributed by atoms with E-state index in [9.17, 15) is 9.90 Å². The molecule has 0 aliphatic heterocycles. The number of thiazole rings is 1. The highest BCUT2D eigenvalue weighted by molar-refractivity contribution is 8.09. The van der Waals surface area contributed by atoms with Gasteiger partial charge in [-0.05, 0) is 35.9 Å². The predicted octanol–water partition coefficient (Wildman–Crippen LogP) is 4.32. The topological polar surface area (TPSA) is 70.4 Å². The van der Waals surface area contributed by atoms with Crippen molar-refractivity contribution < 1.29 is 15.0 Å². The minimum atomic E-state index is -0.868. The summed E-state index contributed by atoms with van der Waals surface area (Å²) in [5.41, 5.74) is 1.79. The molecule has 0 bridgehead atoms. The molecule has 1 heterocycles.